The molecule has 0 atom stereocenters. The number of ether oxygens (including phenoxy) is 1. The molecule has 0 aliphatic carbocycles. The number of amides is 1. The van der Waals surface area contributed by atoms with Gasteiger partial charge in [0.2, 0.25) is 5.75 Å². The molecule has 1 saturated heterocycles. The van der Waals surface area contributed by atoms with E-state index in [4.69, 9.17) is 9.84 Å². The van der Waals surface area contributed by atoms with Crippen molar-refractivity contribution in [3.8, 4) is 5.75 Å². The third kappa shape index (κ3) is 5.85. The molecule has 0 spiro atoms. The van der Waals surface area contributed by atoms with E-state index < -0.39 is 22.9 Å². The van der Waals surface area contributed by atoms with E-state index in [1.807, 2.05) is 25.7 Å². The SMILES string of the molecule is CC(C)(C)OC(=O)N1CCN(Cc2ncn(Cc3ccc(C(=O)O)cc3)c(=O)c2O)CC1. The number of hydrogen-bond acceptors (Lipinski definition) is 7. The molecule has 1 aromatic carbocycles. The maximum Gasteiger partial charge on any atom is 0.410 e. The van der Waals surface area contributed by atoms with Gasteiger partial charge in [-0.1, -0.05) is 12.1 Å². The Bertz CT molecular complexity index is 1030. The van der Waals surface area contributed by atoms with Crippen molar-refractivity contribution in [2.75, 3.05) is 26.2 Å². The number of carbonyl (C=O) groups excluding carboxylic acids is 1. The molecule has 1 aliphatic heterocycles. The van der Waals surface area contributed by atoms with Gasteiger partial charge in [-0.05, 0) is 38.5 Å². The summed E-state index contributed by atoms with van der Waals surface area (Å²) < 4.78 is 6.66. The molecule has 1 fully saturated rings. The zero-order chi connectivity index (χ0) is 23.5. The average Bonchev–Trinajstić information content (AvgIpc) is 2.73. The molecular formula is C22H28N4O6. The van der Waals surface area contributed by atoms with Gasteiger partial charge in [0.25, 0.3) is 5.56 Å². The van der Waals surface area contributed by atoms with E-state index in [1.54, 1.807) is 17.0 Å². The van der Waals surface area contributed by atoms with Crippen LogP contribution in [-0.4, -0.2) is 73.4 Å². The zero-order valence-electron chi connectivity index (χ0n) is 18.4. The average molecular weight is 444 g/mol. The topological polar surface area (TPSA) is 125 Å². The fourth-order valence-electron chi connectivity index (χ4n) is 3.32. The Morgan fingerprint density at radius 2 is 1.69 bits per heavy atom. The van der Waals surface area contributed by atoms with Gasteiger partial charge in [-0.25, -0.2) is 14.6 Å². The number of piperazine rings is 1. The lowest BCUT2D eigenvalue weighted by Crippen LogP contribution is -2.49. The maximum atomic E-state index is 12.6. The smallest absolute Gasteiger partial charge is 0.410 e. The number of hydrogen-bond donors (Lipinski definition) is 2. The summed E-state index contributed by atoms with van der Waals surface area (Å²) in [5, 5.41) is 19.4. The van der Waals surface area contributed by atoms with E-state index in [0.717, 1.165) is 0 Å². The molecule has 0 unspecified atom stereocenters. The van der Waals surface area contributed by atoms with Crippen molar-refractivity contribution in [2.45, 2.75) is 39.5 Å². The van der Waals surface area contributed by atoms with Crippen LogP contribution in [-0.2, 0) is 17.8 Å². The largest absolute Gasteiger partial charge is 0.502 e. The number of rotatable bonds is 5. The van der Waals surface area contributed by atoms with Crippen LogP contribution in [0.25, 0.3) is 0 Å². The first-order valence-electron chi connectivity index (χ1n) is 10.3. The predicted octanol–water partition coefficient (Wildman–Crippen LogP) is 1.75. The van der Waals surface area contributed by atoms with Crippen molar-refractivity contribution in [1.82, 2.24) is 19.4 Å². The molecule has 3 rings (SSSR count). The van der Waals surface area contributed by atoms with Crippen molar-refractivity contribution >= 4 is 12.1 Å². The quantitative estimate of drug-likeness (QED) is 0.715. The summed E-state index contributed by atoms with van der Waals surface area (Å²) in [6, 6.07) is 6.15. The van der Waals surface area contributed by atoms with Crippen LogP contribution in [0.1, 0.15) is 42.4 Å². The minimum absolute atomic E-state index is 0.157. The number of aromatic hydroxyl groups is 1. The highest BCUT2D eigenvalue weighted by Gasteiger charge is 2.26. The minimum Gasteiger partial charge on any atom is -0.502 e. The maximum absolute atomic E-state index is 12.6. The van der Waals surface area contributed by atoms with Gasteiger partial charge in [0.15, 0.2) is 0 Å². The highest BCUT2D eigenvalue weighted by molar-refractivity contribution is 5.87. The van der Waals surface area contributed by atoms with E-state index in [2.05, 4.69) is 4.98 Å². The Morgan fingerprint density at radius 1 is 1.06 bits per heavy atom. The fraction of sp³-hybridized carbons (Fsp3) is 0.455. The summed E-state index contributed by atoms with van der Waals surface area (Å²) in [5.74, 6) is -1.44. The van der Waals surface area contributed by atoms with Crippen molar-refractivity contribution in [1.29, 1.82) is 0 Å². The molecule has 0 radical (unpaired) electrons. The molecule has 2 N–H and O–H groups in total. The molecule has 2 heterocycles. The third-order valence-electron chi connectivity index (χ3n) is 5.04. The second kappa shape index (κ2) is 9.39. The number of carboxylic acids is 1. The van der Waals surface area contributed by atoms with E-state index in [-0.39, 0.29) is 30.4 Å². The van der Waals surface area contributed by atoms with Gasteiger partial charge >= 0.3 is 12.1 Å². The summed E-state index contributed by atoms with van der Waals surface area (Å²) in [6.07, 6.45) is 1.02. The molecule has 172 valence electrons. The van der Waals surface area contributed by atoms with E-state index in [0.29, 0.717) is 31.7 Å². The second-order valence-electron chi connectivity index (χ2n) is 8.72. The lowest BCUT2D eigenvalue weighted by Gasteiger charge is -2.35. The Hall–Kier alpha value is -3.40. The van der Waals surface area contributed by atoms with Gasteiger partial charge in [-0.3, -0.25) is 14.3 Å². The van der Waals surface area contributed by atoms with Crippen LogP contribution in [0.4, 0.5) is 4.79 Å². The summed E-state index contributed by atoms with van der Waals surface area (Å²) in [5.41, 5.74) is 0.0306. The molecule has 10 heteroatoms. The van der Waals surface area contributed by atoms with Crippen LogP contribution in [0.3, 0.4) is 0 Å². The zero-order valence-corrected chi connectivity index (χ0v) is 18.4. The number of aromatic carboxylic acids is 1. The van der Waals surface area contributed by atoms with E-state index in [1.165, 1.54) is 23.0 Å². The van der Waals surface area contributed by atoms with E-state index >= 15 is 0 Å². The molecular weight excluding hydrogens is 416 g/mol. The number of carbonyl (C=O) groups is 2. The highest BCUT2D eigenvalue weighted by atomic mass is 16.6. The minimum atomic E-state index is -1.02. The van der Waals surface area contributed by atoms with Crippen molar-refractivity contribution < 1.29 is 24.5 Å². The molecule has 10 nitrogen and oxygen atoms in total. The molecule has 32 heavy (non-hydrogen) atoms. The van der Waals surface area contributed by atoms with Gasteiger partial charge in [0, 0.05) is 32.7 Å². The van der Waals surface area contributed by atoms with Crippen molar-refractivity contribution in [2.24, 2.45) is 0 Å². The standard InChI is InChI=1S/C22H28N4O6/c1-22(2,3)32-21(31)25-10-8-24(9-11-25)13-17-18(27)19(28)26(14-23-17)12-15-4-6-16(7-5-15)20(29)30/h4-7,14,27H,8-13H2,1-3H3,(H,29,30). The molecule has 1 aromatic heterocycles. The van der Waals surface area contributed by atoms with Gasteiger partial charge < -0.3 is 19.8 Å². The Kier molecular flexibility index (Phi) is 6.83. The molecule has 0 saturated carbocycles. The Labute approximate surface area is 185 Å². The Morgan fingerprint density at radius 3 is 2.25 bits per heavy atom. The lowest BCUT2D eigenvalue weighted by molar-refractivity contribution is 0.0137. The molecule has 0 bridgehead atoms. The predicted molar refractivity (Wildman–Crippen MR) is 116 cm³/mol. The van der Waals surface area contributed by atoms with Crippen LogP contribution in [0.2, 0.25) is 0 Å². The first-order valence-corrected chi connectivity index (χ1v) is 10.3. The summed E-state index contributed by atoms with van der Waals surface area (Å²) in [7, 11) is 0. The molecule has 1 aliphatic rings. The molecule has 2 aromatic rings. The first-order chi connectivity index (χ1) is 15.0. The van der Waals surface area contributed by atoms with Gasteiger partial charge in [-0.2, -0.15) is 0 Å². The fourth-order valence-corrected chi connectivity index (χ4v) is 3.32. The third-order valence-corrected chi connectivity index (χ3v) is 5.04. The van der Waals surface area contributed by atoms with Crippen LogP contribution >= 0.6 is 0 Å². The van der Waals surface area contributed by atoms with Crippen LogP contribution < -0.4 is 5.56 Å². The lowest BCUT2D eigenvalue weighted by atomic mass is 10.1. The van der Waals surface area contributed by atoms with Crippen molar-refractivity contribution in [3.05, 3.63) is 57.8 Å². The van der Waals surface area contributed by atoms with Gasteiger partial charge in [0.05, 0.1) is 18.4 Å². The highest BCUT2D eigenvalue weighted by Crippen LogP contribution is 2.16. The van der Waals surface area contributed by atoms with Crippen LogP contribution in [0.15, 0.2) is 35.4 Å². The van der Waals surface area contributed by atoms with Crippen molar-refractivity contribution in [3.63, 3.8) is 0 Å². The summed E-state index contributed by atoms with van der Waals surface area (Å²) in [4.78, 5) is 43.6. The number of aromatic nitrogens is 2. The number of carboxylic acid groups (broad SMARTS) is 1. The monoisotopic (exact) mass is 444 g/mol. The van der Waals surface area contributed by atoms with Gasteiger partial charge in [0.1, 0.15) is 11.3 Å². The van der Waals surface area contributed by atoms with Crippen LogP contribution in [0.5, 0.6) is 5.75 Å². The molecule has 1 amide bonds. The van der Waals surface area contributed by atoms with Crippen LogP contribution in [0, 0.1) is 0 Å². The second-order valence-corrected chi connectivity index (χ2v) is 8.72. The summed E-state index contributed by atoms with van der Waals surface area (Å²) in [6.45, 7) is 8.02. The Balaban J connectivity index is 1.60. The normalized spacial score (nSPS) is 14.9. The van der Waals surface area contributed by atoms with E-state index in [9.17, 15) is 19.5 Å². The summed E-state index contributed by atoms with van der Waals surface area (Å²) >= 11 is 0. The number of benzene rings is 1. The van der Waals surface area contributed by atoms with Gasteiger partial charge in [-0.15, -0.1) is 0 Å². The first kappa shape index (κ1) is 23.3. The number of nitrogens with zero attached hydrogens (tertiary/aromatic N) is 4.